The first-order valence-corrected chi connectivity index (χ1v) is 9.34. The van der Waals surface area contributed by atoms with Crippen LogP contribution < -0.4 is 5.32 Å². The lowest BCUT2D eigenvalue weighted by atomic mass is 9.92. The summed E-state index contributed by atoms with van der Waals surface area (Å²) in [5.41, 5.74) is -0.617. The Balaban J connectivity index is 1.61. The molecular formula is C18H19ClN2O4S. The summed E-state index contributed by atoms with van der Waals surface area (Å²) >= 11 is 7.56. The fraction of sp³-hybridized carbons (Fsp3) is 0.333. The van der Waals surface area contributed by atoms with Crippen molar-refractivity contribution in [3.8, 4) is 0 Å². The Morgan fingerprint density at radius 3 is 2.85 bits per heavy atom. The zero-order chi connectivity index (χ0) is 18.7. The summed E-state index contributed by atoms with van der Waals surface area (Å²) in [7, 11) is 0. The number of benzene rings is 1. The number of imide groups is 1. The third-order valence-electron chi connectivity index (χ3n) is 4.20. The van der Waals surface area contributed by atoms with Gasteiger partial charge >= 0.3 is 6.03 Å². The van der Waals surface area contributed by atoms with Gasteiger partial charge in [0, 0.05) is 9.90 Å². The summed E-state index contributed by atoms with van der Waals surface area (Å²) in [6.07, 6.45) is -0.966. The average molecular weight is 395 g/mol. The van der Waals surface area contributed by atoms with Crippen LogP contribution >= 0.6 is 22.9 Å². The SMILES string of the molecule is C[C@]1(c2cccc(Cl)c2)NC(=O)N(C[C@H](O)COCc2cccs2)C1=O. The van der Waals surface area contributed by atoms with E-state index in [1.807, 2.05) is 17.5 Å². The van der Waals surface area contributed by atoms with E-state index in [9.17, 15) is 14.7 Å². The molecule has 1 aliphatic heterocycles. The van der Waals surface area contributed by atoms with Gasteiger partial charge in [-0.2, -0.15) is 0 Å². The lowest BCUT2D eigenvalue weighted by Gasteiger charge is -2.23. The van der Waals surface area contributed by atoms with Crippen molar-refractivity contribution in [2.24, 2.45) is 0 Å². The molecule has 26 heavy (non-hydrogen) atoms. The quantitative estimate of drug-likeness (QED) is 0.708. The number of ether oxygens (including phenoxy) is 1. The Bertz CT molecular complexity index is 798. The van der Waals surface area contributed by atoms with E-state index in [4.69, 9.17) is 16.3 Å². The largest absolute Gasteiger partial charge is 0.389 e. The molecule has 0 radical (unpaired) electrons. The van der Waals surface area contributed by atoms with Gasteiger partial charge in [-0.25, -0.2) is 4.79 Å². The molecule has 1 aromatic heterocycles. The van der Waals surface area contributed by atoms with E-state index in [1.54, 1.807) is 42.5 Å². The van der Waals surface area contributed by atoms with Crippen LogP contribution in [0.25, 0.3) is 0 Å². The molecule has 3 rings (SSSR count). The standard InChI is InChI=1S/C18H19ClN2O4S/c1-18(12-4-2-5-13(19)8-12)16(23)21(17(24)20-18)9-14(22)10-25-11-15-6-3-7-26-15/h2-8,14,22H,9-11H2,1H3,(H,20,24)/t14-,18+/m0/s1. The van der Waals surface area contributed by atoms with E-state index in [1.165, 1.54) is 0 Å². The number of halogens is 1. The highest BCUT2D eigenvalue weighted by Gasteiger charge is 2.49. The molecule has 138 valence electrons. The molecule has 1 saturated heterocycles. The molecule has 2 atom stereocenters. The third-order valence-corrected chi connectivity index (χ3v) is 5.29. The molecule has 1 aromatic carbocycles. The maximum absolute atomic E-state index is 12.8. The molecule has 8 heteroatoms. The smallest absolute Gasteiger partial charge is 0.325 e. The first-order chi connectivity index (χ1) is 12.4. The number of nitrogens with one attached hydrogen (secondary N) is 1. The van der Waals surface area contributed by atoms with Crippen LogP contribution in [0.2, 0.25) is 5.02 Å². The minimum absolute atomic E-state index is 0.0306. The third kappa shape index (κ3) is 3.91. The van der Waals surface area contributed by atoms with Crippen LogP contribution in [0.5, 0.6) is 0 Å². The van der Waals surface area contributed by atoms with Crippen LogP contribution in [-0.4, -0.2) is 41.2 Å². The number of rotatable bonds is 7. The Morgan fingerprint density at radius 1 is 1.35 bits per heavy atom. The van der Waals surface area contributed by atoms with E-state index in [2.05, 4.69) is 5.32 Å². The second-order valence-corrected chi connectivity index (χ2v) is 7.70. The Kier molecular flexibility index (Phi) is 5.62. The Labute approximate surface area is 160 Å². The number of urea groups is 1. The van der Waals surface area contributed by atoms with Crippen molar-refractivity contribution in [2.75, 3.05) is 13.2 Å². The number of aliphatic hydroxyl groups is 1. The van der Waals surface area contributed by atoms with Crippen molar-refractivity contribution in [1.82, 2.24) is 10.2 Å². The topological polar surface area (TPSA) is 78.9 Å². The lowest BCUT2D eigenvalue weighted by molar-refractivity contribution is -0.132. The Morgan fingerprint density at radius 2 is 2.15 bits per heavy atom. The first kappa shape index (κ1) is 18.8. The summed E-state index contributed by atoms with van der Waals surface area (Å²) in [6, 6.07) is 10.1. The van der Waals surface area contributed by atoms with Gasteiger partial charge in [0.15, 0.2) is 0 Å². The zero-order valence-corrected chi connectivity index (χ0v) is 15.7. The number of carbonyl (C=O) groups is 2. The van der Waals surface area contributed by atoms with Crippen LogP contribution in [0.1, 0.15) is 17.4 Å². The zero-order valence-electron chi connectivity index (χ0n) is 14.1. The van der Waals surface area contributed by atoms with E-state index in [-0.39, 0.29) is 13.2 Å². The molecule has 6 nitrogen and oxygen atoms in total. The molecule has 0 spiro atoms. The van der Waals surface area contributed by atoms with Crippen molar-refractivity contribution in [3.63, 3.8) is 0 Å². The van der Waals surface area contributed by atoms with E-state index in [0.717, 1.165) is 9.78 Å². The predicted octanol–water partition coefficient (Wildman–Crippen LogP) is 2.75. The summed E-state index contributed by atoms with van der Waals surface area (Å²) in [5.74, 6) is -0.429. The van der Waals surface area contributed by atoms with E-state index in [0.29, 0.717) is 17.2 Å². The van der Waals surface area contributed by atoms with Gasteiger partial charge in [-0.1, -0.05) is 29.8 Å². The summed E-state index contributed by atoms with van der Waals surface area (Å²) in [4.78, 5) is 27.1. The number of nitrogens with zero attached hydrogens (tertiary/aromatic N) is 1. The van der Waals surface area contributed by atoms with E-state index < -0.39 is 23.6 Å². The summed E-state index contributed by atoms with van der Waals surface area (Å²) in [6.45, 7) is 1.90. The van der Waals surface area contributed by atoms with Gasteiger partial charge in [0.25, 0.3) is 5.91 Å². The van der Waals surface area contributed by atoms with Gasteiger partial charge in [-0.15, -0.1) is 11.3 Å². The number of thiophene rings is 1. The van der Waals surface area contributed by atoms with Crippen molar-refractivity contribution >= 4 is 34.9 Å². The van der Waals surface area contributed by atoms with Crippen LogP contribution in [0.15, 0.2) is 41.8 Å². The molecule has 0 unspecified atom stereocenters. The van der Waals surface area contributed by atoms with Gasteiger partial charge in [-0.3, -0.25) is 9.69 Å². The minimum Gasteiger partial charge on any atom is -0.389 e. The molecule has 2 N–H and O–H groups in total. The number of hydrogen-bond acceptors (Lipinski definition) is 5. The lowest BCUT2D eigenvalue weighted by Crippen LogP contribution is -2.42. The van der Waals surface area contributed by atoms with Gasteiger partial charge < -0.3 is 15.2 Å². The van der Waals surface area contributed by atoms with Crippen molar-refractivity contribution < 1.29 is 19.4 Å². The normalized spacial score (nSPS) is 21.1. The molecule has 2 aromatic rings. The van der Waals surface area contributed by atoms with Gasteiger partial charge in [0.05, 0.1) is 25.9 Å². The first-order valence-electron chi connectivity index (χ1n) is 8.08. The molecule has 0 aliphatic carbocycles. The van der Waals surface area contributed by atoms with Gasteiger partial charge in [0.1, 0.15) is 5.54 Å². The van der Waals surface area contributed by atoms with Crippen LogP contribution in [0, 0.1) is 0 Å². The van der Waals surface area contributed by atoms with Crippen LogP contribution in [-0.2, 0) is 21.7 Å². The van der Waals surface area contributed by atoms with Crippen LogP contribution in [0.3, 0.4) is 0 Å². The van der Waals surface area contributed by atoms with Gasteiger partial charge in [0.2, 0.25) is 0 Å². The second-order valence-electron chi connectivity index (χ2n) is 6.23. The van der Waals surface area contributed by atoms with E-state index >= 15 is 0 Å². The number of hydrogen-bond donors (Lipinski definition) is 2. The molecule has 2 heterocycles. The summed E-state index contributed by atoms with van der Waals surface area (Å²) < 4.78 is 5.45. The summed E-state index contributed by atoms with van der Waals surface area (Å²) in [5, 5.41) is 15.2. The van der Waals surface area contributed by atoms with Crippen molar-refractivity contribution in [1.29, 1.82) is 0 Å². The molecule has 1 fully saturated rings. The van der Waals surface area contributed by atoms with Gasteiger partial charge in [-0.05, 0) is 36.1 Å². The highest BCUT2D eigenvalue weighted by Crippen LogP contribution is 2.30. The Hall–Kier alpha value is -1.93. The number of amides is 3. The number of β-amino-alcohol motifs (C(OH)–C–C–N with tert-alkyl or cyclic N) is 1. The average Bonchev–Trinajstić information content (AvgIpc) is 3.18. The maximum atomic E-state index is 12.8. The molecule has 1 aliphatic rings. The minimum atomic E-state index is -1.21. The molecule has 0 bridgehead atoms. The molecular weight excluding hydrogens is 376 g/mol. The van der Waals surface area contributed by atoms with Crippen molar-refractivity contribution in [2.45, 2.75) is 25.2 Å². The number of aliphatic hydroxyl groups excluding tert-OH is 1. The van der Waals surface area contributed by atoms with Crippen molar-refractivity contribution in [3.05, 3.63) is 57.2 Å². The fourth-order valence-electron chi connectivity index (χ4n) is 2.81. The monoisotopic (exact) mass is 394 g/mol. The highest BCUT2D eigenvalue weighted by molar-refractivity contribution is 7.09. The van der Waals surface area contributed by atoms with Crippen LogP contribution in [0.4, 0.5) is 4.79 Å². The maximum Gasteiger partial charge on any atom is 0.325 e. The molecule has 0 saturated carbocycles. The fourth-order valence-corrected chi connectivity index (χ4v) is 3.64. The predicted molar refractivity (Wildman–Crippen MR) is 99.0 cm³/mol. The highest BCUT2D eigenvalue weighted by atomic mass is 35.5. The molecule has 3 amide bonds. The second kappa shape index (κ2) is 7.75. The number of carbonyl (C=O) groups excluding carboxylic acids is 2.